The number of carboxylic acids is 1. The van der Waals surface area contributed by atoms with Gasteiger partial charge in [-0.1, -0.05) is 12.1 Å². The van der Waals surface area contributed by atoms with Gasteiger partial charge in [-0.3, -0.25) is 4.79 Å². The van der Waals surface area contributed by atoms with Crippen LogP contribution in [0.5, 0.6) is 0 Å². The van der Waals surface area contributed by atoms with Gasteiger partial charge < -0.3 is 9.84 Å². The lowest BCUT2D eigenvalue weighted by Crippen LogP contribution is -2.39. The second kappa shape index (κ2) is 7.17. The molecule has 1 aliphatic rings. The first-order valence-electron chi connectivity index (χ1n) is 6.96. The van der Waals surface area contributed by atoms with Gasteiger partial charge in [-0.15, -0.1) is 0 Å². The smallest absolute Gasteiger partial charge is 0.308 e. The maximum absolute atomic E-state index is 13.6. The molecule has 1 unspecified atom stereocenters. The van der Waals surface area contributed by atoms with Crippen LogP contribution >= 0.6 is 0 Å². The minimum atomic E-state index is -4.08. The highest BCUT2D eigenvalue weighted by Gasteiger charge is 2.31. The van der Waals surface area contributed by atoms with Crippen molar-refractivity contribution in [3.8, 4) is 0 Å². The average Bonchev–Trinajstić information content (AvgIpc) is 2.48. The lowest BCUT2D eigenvalue weighted by atomic mass is 9.86. The SMILES string of the molecule is O=C(O)C(CNS(=O)(=O)c1ccccc1F)C1CCOCC1. The van der Waals surface area contributed by atoms with Crippen LogP contribution in [0.2, 0.25) is 0 Å². The first-order valence-corrected chi connectivity index (χ1v) is 8.45. The molecule has 0 bridgehead atoms. The molecule has 0 radical (unpaired) electrons. The third-order valence-electron chi connectivity index (χ3n) is 3.77. The van der Waals surface area contributed by atoms with E-state index in [0.717, 1.165) is 12.1 Å². The third-order valence-corrected chi connectivity index (χ3v) is 5.23. The Morgan fingerprint density at radius 1 is 1.36 bits per heavy atom. The van der Waals surface area contributed by atoms with E-state index in [2.05, 4.69) is 4.72 Å². The van der Waals surface area contributed by atoms with E-state index in [1.54, 1.807) is 0 Å². The molecule has 1 aromatic carbocycles. The molecule has 8 heteroatoms. The maximum Gasteiger partial charge on any atom is 0.308 e. The summed E-state index contributed by atoms with van der Waals surface area (Å²) in [6.07, 6.45) is 1.14. The molecule has 0 spiro atoms. The van der Waals surface area contributed by atoms with Crippen LogP contribution in [0.3, 0.4) is 0 Å². The van der Waals surface area contributed by atoms with Gasteiger partial charge in [0.05, 0.1) is 5.92 Å². The molecule has 1 fully saturated rings. The first kappa shape index (κ1) is 16.9. The summed E-state index contributed by atoms with van der Waals surface area (Å²) >= 11 is 0. The summed E-state index contributed by atoms with van der Waals surface area (Å²) < 4.78 is 45.1. The van der Waals surface area contributed by atoms with Crippen LogP contribution < -0.4 is 4.72 Å². The molecular formula is C14H18FNO5S. The Kier molecular flexibility index (Phi) is 5.49. The number of sulfonamides is 1. The van der Waals surface area contributed by atoms with Crippen molar-refractivity contribution in [1.82, 2.24) is 4.72 Å². The summed E-state index contributed by atoms with van der Waals surface area (Å²) in [5.41, 5.74) is 0. The van der Waals surface area contributed by atoms with Crippen LogP contribution in [-0.4, -0.2) is 39.3 Å². The molecule has 1 aromatic rings. The highest BCUT2D eigenvalue weighted by atomic mass is 32.2. The van der Waals surface area contributed by atoms with Gasteiger partial charge >= 0.3 is 5.97 Å². The van der Waals surface area contributed by atoms with Crippen LogP contribution in [0.4, 0.5) is 4.39 Å². The molecule has 0 amide bonds. The quantitative estimate of drug-likeness (QED) is 0.818. The number of rotatable bonds is 6. The van der Waals surface area contributed by atoms with E-state index in [9.17, 15) is 22.7 Å². The van der Waals surface area contributed by atoms with Gasteiger partial charge in [0.15, 0.2) is 0 Å². The number of carboxylic acid groups (broad SMARTS) is 1. The molecule has 6 nitrogen and oxygen atoms in total. The van der Waals surface area contributed by atoms with Crippen LogP contribution in [0.25, 0.3) is 0 Å². The first-order chi connectivity index (χ1) is 10.4. The van der Waals surface area contributed by atoms with Crippen molar-refractivity contribution in [2.24, 2.45) is 11.8 Å². The summed E-state index contributed by atoms with van der Waals surface area (Å²) in [6, 6.07) is 4.98. The van der Waals surface area contributed by atoms with Crippen LogP contribution in [-0.2, 0) is 19.6 Å². The summed E-state index contributed by atoms with van der Waals surface area (Å²) in [5.74, 6) is -2.95. The standard InChI is InChI=1S/C14H18FNO5S/c15-12-3-1-2-4-13(12)22(19,20)16-9-11(14(17)18)10-5-7-21-8-6-10/h1-4,10-11,16H,5-9H2,(H,17,18). The summed E-state index contributed by atoms with van der Waals surface area (Å²) in [6.45, 7) is 0.666. The summed E-state index contributed by atoms with van der Waals surface area (Å²) in [5, 5.41) is 9.30. The Bertz CT molecular complexity index is 628. The van der Waals surface area contributed by atoms with Crippen LogP contribution in [0.1, 0.15) is 12.8 Å². The second-order valence-corrected chi connectivity index (χ2v) is 6.91. The molecule has 1 atom stereocenters. The maximum atomic E-state index is 13.6. The number of hydrogen-bond donors (Lipinski definition) is 2. The molecule has 122 valence electrons. The molecule has 2 rings (SSSR count). The molecular weight excluding hydrogens is 313 g/mol. The minimum absolute atomic E-state index is 0.158. The average molecular weight is 331 g/mol. The summed E-state index contributed by atoms with van der Waals surface area (Å²) in [7, 11) is -4.08. The fourth-order valence-electron chi connectivity index (χ4n) is 2.51. The predicted molar refractivity (Wildman–Crippen MR) is 76.3 cm³/mol. The van der Waals surface area contributed by atoms with Gasteiger partial charge in [0, 0.05) is 19.8 Å². The molecule has 1 saturated heterocycles. The fourth-order valence-corrected chi connectivity index (χ4v) is 3.65. The van der Waals surface area contributed by atoms with Crippen LogP contribution in [0, 0.1) is 17.7 Å². The zero-order chi connectivity index (χ0) is 16.2. The zero-order valence-corrected chi connectivity index (χ0v) is 12.7. The largest absolute Gasteiger partial charge is 0.481 e. The van der Waals surface area contributed by atoms with Gasteiger partial charge in [-0.25, -0.2) is 17.5 Å². The van der Waals surface area contributed by atoms with E-state index in [0.29, 0.717) is 26.1 Å². The van der Waals surface area contributed by atoms with Crippen molar-refractivity contribution in [3.05, 3.63) is 30.1 Å². The Hall–Kier alpha value is -1.51. The van der Waals surface area contributed by atoms with E-state index >= 15 is 0 Å². The predicted octanol–water partition coefficient (Wildman–Crippen LogP) is 1.23. The number of ether oxygens (including phenoxy) is 1. The van der Waals surface area contributed by atoms with Crippen molar-refractivity contribution < 1.29 is 27.4 Å². The van der Waals surface area contributed by atoms with Gasteiger partial charge in [-0.2, -0.15) is 0 Å². The number of carbonyl (C=O) groups is 1. The Labute approximate surface area is 128 Å². The van der Waals surface area contributed by atoms with Gasteiger partial charge in [0.1, 0.15) is 10.7 Å². The van der Waals surface area contributed by atoms with E-state index in [4.69, 9.17) is 4.74 Å². The van der Waals surface area contributed by atoms with Crippen LogP contribution in [0.15, 0.2) is 29.2 Å². The molecule has 2 N–H and O–H groups in total. The topological polar surface area (TPSA) is 92.7 Å². The molecule has 0 aliphatic carbocycles. The summed E-state index contributed by atoms with van der Waals surface area (Å²) in [4.78, 5) is 10.9. The van der Waals surface area contributed by atoms with Crippen molar-refractivity contribution in [3.63, 3.8) is 0 Å². The van der Waals surface area contributed by atoms with Gasteiger partial charge in [0.2, 0.25) is 10.0 Å². The molecule has 0 aromatic heterocycles. The number of nitrogens with one attached hydrogen (secondary N) is 1. The van der Waals surface area contributed by atoms with Crippen molar-refractivity contribution >= 4 is 16.0 Å². The second-order valence-electron chi connectivity index (χ2n) is 5.18. The Morgan fingerprint density at radius 2 is 2.00 bits per heavy atom. The monoisotopic (exact) mass is 331 g/mol. The van der Waals surface area contributed by atoms with Crippen molar-refractivity contribution in [1.29, 1.82) is 0 Å². The third kappa shape index (κ3) is 4.02. The number of benzene rings is 1. The molecule has 22 heavy (non-hydrogen) atoms. The normalized spacial score (nSPS) is 18.0. The van der Waals surface area contributed by atoms with E-state index in [1.165, 1.54) is 12.1 Å². The number of halogens is 1. The highest BCUT2D eigenvalue weighted by molar-refractivity contribution is 7.89. The van der Waals surface area contributed by atoms with Gasteiger partial charge in [-0.05, 0) is 30.9 Å². The lowest BCUT2D eigenvalue weighted by Gasteiger charge is -2.27. The molecule has 1 heterocycles. The van der Waals surface area contributed by atoms with Gasteiger partial charge in [0.25, 0.3) is 0 Å². The lowest BCUT2D eigenvalue weighted by molar-refractivity contribution is -0.144. The van der Waals surface area contributed by atoms with Crippen molar-refractivity contribution in [2.75, 3.05) is 19.8 Å². The fraction of sp³-hybridized carbons (Fsp3) is 0.500. The Balaban J connectivity index is 2.08. The van der Waals surface area contributed by atoms with E-state index in [-0.39, 0.29) is 12.5 Å². The van der Waals surface area contributed by atoms with E-state index < -0.39 is 32.6 Å². The zero-order valence-electron chi connectivity index (χ0n) is 11.9. The number of aliphatic carboxylic acids is 1. The van der Waals surface area contributed by atoms with E-state index in [1.807, 2.05) is 0 Å². The number of hydrogen-bond acceptors (Lipinski definition) is 4. The van der Waals surface area contributed by atoms with Crippen molar-refractivity contribution in [2.45, 2.75) is 17.7 Å². The Morgan fingerprint density at radius 3 is 2.59 bits per heavy atom. The molecule has 1 aliphatic heterocycles. The minimum Gasteiger partial charge on any atom is -0.481 e. The highest BCUT2D eigenvalue weighted by Crippen LogP contribution is 2.24. The molecule has 0 saturated carbocycles.